The molecular formula is C18H27NO6. The number of ether oxygens (including phenoxy) is 1. The fourth-order valence-electron chi connectivity index (χ4n) is 2.09. The lowest BCUT2D eigenvalue weighted by molar-refractivity contribution is -0.199. The highest BCUT2D eigenvalue weighted by molar-refractivity contribution is 6.02. The predicted molar refractivity (Wildman–Crippen MR) is 94.6 cm³/mol. The number of anilines is 1. The van der Waals surface area contributed by atoms with Crippen LogP contribution in [0.4, 0.5) is 5.69 Å². The third kappa shape index (κ3) is 6.93. The van der Waals surface area contributed by atoms with Crippen molar-refractivity contribution in [2.24, 2.45) is 0 Å². The maximum Gasteiger partial charge on any atom is 0.348 e. The largest absolute Gasteiger partial charge is 0.479 e. The second kappa shape index (κ2) is 9.17. The van der Waals surface area contributed by atoms with E-state index in [1.807, 2.05) is 13.8 Å². The Morgan fingerprint density at radius 1 is 1.00 bits per heavy atom. The first kappa shape index (κ1) is 22.6. The zero-order valence-corrected chi connectivity index (χ0v) is 15.5. The molecule has 0 radical (unpaired) electrons. The number of amides is 1. The molecule has 0 aliphatic rings. The maximum atomic E-state index is 11.6. The third-order valence-electron chi connectivity index (χ3n) is 2.90. The molecule has 0 saturated heterocycles. The number of carboxylic acid groups (broad SMARTS) is 2. The molecule has 7 nitrogen and oxygen atoms in total. The molecule has 1 aromatic rings. The molecule has 0 fully saturated rings. The second-order valence-electron chi connectivity index (χ2n) is 6.21. The summed E-state index contributed by atoms with van der Waals surface area (Å²) in [4.78, 5) is 34.2. The molecule has 0 saturated carbocycles. The van der Waals surface area contributed by atoms with E-state index in [1.54, 1.807) is 45.0 Å². The van der Waals surface area contributed by atoms with E-state index in [2.05, 4.69) is 5.32 Å². The minimum absolute atomic E-state index is 0.237. The number of rotatable bonds is 6. The molecule has 0 aromatic heterocycles. The van der Waals surface area contributed by atoms with Gasteiger partial charge < -0.3 is 20.3 Å². The third-order valence-corrected chi connectivity index (χ3v) is 2.90. The van der Waals surface area contributed by atoms with Gasteiger partial charge in [-0.15, -0.1) is 0 Å². The number of carbonyl (C=O) groups excluding carboxylic acids is 1. The van der Waals surface area contributed by atoms with Gasteiger partial charge in [0.1, 0.15) is 0 Å². The van der Waals surface area contributed by atoms with Gasteiger partial charge in [-0.2, -0.15) is 0 Å². The van der Waals surface area contributed by atoms with Crippen LogP contribution in [0.1, 0.15) is 47.1 Å². The minimum Gasteiger partial charge on any atom is -0.479 e. The molecule has 3 N–H and O–H groups in total. The van der Waals surface area contributed by atoms with Crippen LogP contribution in [0.25, 0.3) is 0 Å². The molecule has 25 heavy (non-hydrogen) atoms. The highest BCUT2D eigenvalue weighted by atomic mass is 16.6. The van der Waals surface area contributed by atoms with Crippen LogP contribution >= 0.6 is 0 Å². The standard InChI is InChI=1S/C16H21NO6.C2H6/c1-10(18)17-12-7-5-11(6-8-12)9-16(13(19)20,14(21)22)23-15(2,3)4;1-2/h5-8H,9H2,1-4H3,(H,17,18)(H,19,20)(H,21,22);1-2H3. The number of carbonyl (C=O) groups is 3. The molecule has 0 atom stereocenters. The number of carboxylic acids is 2. The summed E-state index contributed by atoms with van der Waals surface area (Å²) in [7, 11) is 0. The molecule has 0 aliphatic carbocycles. The molecule has 1 amide bonds. The van der Waals surface area contributed by atoms with E-state index in [1.165, 1.54) is 6.92 Å². The van der Waals surface area contributed by atoms with E-state index in [-0.39, 0.29) is 12.3 Å². The highest BCUT2D eigenvalue weighted by Gasteiger charge is 2.50. The Bertz CT molecular complexity index is 587. The van der Waals surface area contributed by atoms with Crippen molar-refractivity contribution in [3.05, 3.63) is 29.8 Å². The van der Waals surface area contributed by atoms with Gasteiger partial charge >= 0.3 is 11.9 Å². The Morgan fingerprint density at radius 2 is 1.44 bits per heavy atom. The van der Waals surface area contributed by atoms with Crippen molar-refractivity contribution < 1.29 is 29.3 Å². The fourth-order valence-corrected chi connectivity index (χ4v) is 2.09. The molecule has 0 heterocycles. The smallest absolute Gasteiger partial charge is 0.348 e. The van der Waals surface area contributed by atoms with Gasteiger partial charge in [0.2, 0.25) is 5.91 Å². The average molecular weight is 353 g/mol. The van der Waals surface area contributed by atoms with E-state index >= 15 is 0 Å². The summed E-state index contributed by atoms with van der Waals surface area (Å²) < 4.78 is 5.38. The first-order chi connectivity index (χ1) is 11.5. The summed E-state index contributed by atoms with van der Waals surface area (Å²) in [5, 5.41) is 21.4. The molecule has 140 valence electrons. The normalized spacial score (nSPS) is 11.1. The van der Waals surface area contributed by atoms with Gasteiger partial charge in [-0.05, 0) is 38.5 Å². The number of hydrogen-bond donors (Lipinski definition) is 3. The van der Waals surface area contributed by atoms with Crippen molar-refractivity contribution in [3.8, 4) is 0 Å². The van der Waals surface area contributed by atoms with Gasteiger partial charge in [-0.25, -0.2) is 9.59 Å². The van der Waals surface area contributed by atoms with Crippen LogP contribution in [0.3, 0.4) is 0 Å². The van der Waals surface area contributed by atoms with Crippen LogP contribution in [0.5, 0.6) is 0 Å². The first-order valence-electron chi connectivity index (χ1n) is 8.00. The zero-order valence-electron chi connectivity index (χ0n) is 15.5. The first-order valence-corrected chi connectivity index (χ1v) is 8.00. The average Bonchev–Trinajstić information content (AvgIpc) is 2.48. The van der Waals surface area contributed by atoms with Crippen LogP contribution in [0.15, 0.2) is 24.3 Å². The van der Waals surface area contributed by atoms with Gasteiger partial charge in [-0.3, -0.25) is 4.79 Å². The lowest BCUT2D eigenvalue weighted by Crippen LogP contribution is -2.54. The van der Waals surface area contributed by atoms with Crippen molar-refractivity contribution >= 4 is 23.5 Å². The van der Waals surface area contributed by atoms with E-state index in [9.17, 15) is 24.6 Å². The minimum atomic E-state index is -2.38. The molecular weight excluding hydrogens is 326 g/mol. The van der Waals surface area contributed by atoms with Crippen molar-refractivity contribution in [2.45, 2.75) is 59.2 Å². The quantitative estimate of drug-likeness (QED) is 0.678. The van der Waals surface area contributed by atoms with Crippen molar-refractivity contribution in [1.29, 1.82) is 0 Å². The van der Waals surface area contributed by atoms with Gasteiger partial charge in [0.05, 0.1) is 5.60 Å². The number of benzene rings is 1. The lowest BCUT2D eigenvalue weighted by Gasteiger charge is -2.33. The summed E-state index contributed by atoms with van der Waals surface area (Å²) in [5.74, 6) is -3.36. The van der Waals surface area contributed by atoms with Crippen molar-refractivity contribution in [3.63, 3.8) is 0 Å². The van der Waals surface area contributed by atoms with Gasteiger partial charge in [0.25, 0.3) is 5.60 Å². The van der Waals surface area contributed by atoms with E-state index in [4.69, 9.17) is 4.74 Å². The summed E-state index contributed by atoms with van der Waals surface area (Å²) >= 11 is 0. The van der Waals surface area contributed by atoms with Crippen LogP contribution < -0.4 is 5.32 Å². The Morgan fingerprint density at radius 3 is 1.76 bits per heavy atom. The summed E-state index contributed by atoms with van der Waals surface area (Å²) in [6, 6.07) is 6.25. The van der Waals surface area contributed by atoms with E-state index < -0.39 is 23.1 Å². The Hall–Kier alpha value is -2.41. The molecule has 0 spiro atoms. The van der Waals surface area contributed by atoms with Crippen molar-refractivity contribution in [1.82, 2.24) is 0 Å². The van der Waals surface area contributed by atoms with E-state index in [0.29, 0.717) is 11.3 Å². The highest BCUT2D eigenvalue weighted by Crippen LogP contribution is 2.26. The van der Waals surface area contributed by atoms with E-state index in [0.717, 1.165) is 0 Å². The molecule has 1 rings (SSSR count). The molecule has 0 aliphatic heterocycles. The Kier molecular flexibility index (Phi) is 8.29. The molecule has 1 aromatic carbocycles. The summed E-state index contributed by atoms with van der Waals surface area (Å²) in [6.45, 7) is 10.1. The number of aliphatic carboxylic acids is 2. The van der Waals surface area contributed by atoms with Crippen LogP contribution in [-0.4, -0.2) is 39.3 Å². The molecule has 0 bridgehead atoms. The zero-order chi connectivity index (χ0) is 19.8. The molecule has 0 unspecified atom stereocenters. The second-order valence-corrected chi connectivity index (χ2v) is 6.21. The van der Waals surface area contributed by atoms with Gasteiger partial charge in [0, 0.05) is 19.0 Å². The van der Waals surface area contributed by atoms with Gasteiger partial charge in [-0.1, -0.05) is 26.0 Å². The topological polar surface area (TPSA) is 113 Å². The van der Waals surface area contributed by atoms with Crippen LogP contribution in [-0.2, 0) is 25.5 Å². The lowest BCUT2D eigenvalue weighted by atomic mass is 9.93. The summed E-state index contributed by atoms with van der Waals surface area (Å²) in [6.07, 6.45) is -0.338. The fraction of sp³-hybridized carbons (Fsp3) is 0.500. The van der Waals surface area contributed by atoms with Crippen LogP contribution in [0.2, 0.25) is 0 Å². The monoisotopic (exact) mass is 353 g/mol. The maximum absolute atomic E-state index is 11.6. The Labute approximate surface area is 148 Å². The number of hydrogen-bond acceptors (Lipinski definition) is 4. The SMILES string of the molecule is CC.CC(=O)Nc1ccc(CC(OC(C)(C)C)(C(=O)O)C(=O)O)cc1. The van der Waals surface area contributed by atoms with Gasteiger partial charge in [0.15, 0.2) is 0 Å². The van der Waals surface area contributed by atoms with Crippen LogP contribution in [0, 0.1) is 0 Å². The van der Waals surface area contributed by atoms with Crippen molar-refractivity contribution in [2.75, 3.05) is 5.32 Å². The predicted octanol–water partition coefficient (Wildman–Crippen LogP) is 2.94. The number of nitrogens with one attached hydrogen (secondary N) is 1. The summed E-state index contributed by atoms with van der Waals surface area (Å²) in [5.41, 5.74) is -2.33. The Balaban J connectivity index is 0.00000277. The molecule has 7 heteroatoms.